The van der Waals surface area contributed by atoms with E-state index in [0.717, 1.165) is 18.5 Å². The molecule has 1 N–H and O–H groups in total. The Labute approximate surface area is 102 Å². The van der Waals surface area contributed by atoms with Crippen molar-refractivity contribution in [2.24, 2.45) is 5.92 Å². The zero-order valence-corrected chi connectivity index (χ0v) is 11.6. The molecular formula is C14H30N2. The highest BCUT2D eigenvalue weighted by Crippen LogP contribution is 2.25. The van der Waals surface area contributed by atoms with Gasteiger partial charge in [-0.25, -0.2) is 0 Å². The van der Waals surface area contributed by atoms with Crippen molar-refractivity contribution in [3.63, 3.8) is 0 Å². The van der Waals surface area contributed by atoms with E-state index in [9.17, 15) is 0 Å². The monoisotopic (exact) mass is 226 g/mol. The minimum absolute atomic E-state index is 0.709. The molecule has 0 heterocycles. The van der Waals surface area contributed by atoms with Crippen molar-refractivity contribution in [1.29, 1.82) is 0 Å². The van der Waals surface area contributed by atoms with Crippen LogP contribution in [0.3, 0.4) is 0 Å². The maximum absolute atomic E-state index is 3.30. The number of hydrogen-bond donors (Lipinski definition) is 1. The molecular weight excluding hydrogens is 196 g/mol. The molecule has 0 aromatic carbocycles. The van der Waals surface area contributed by atoms with Gasteiger partial charge < -0.3 is 5.32 Å². The lowest BCUT2D eigenvalue weighted by Gasteiger charge is -2.40. The third-order valence-electron chi connectivity index (χ3n) is 4.28. The first-order valence-corrected chi connectivity index (χ1v) is 7.11. The van der Waals surface area contributed by atoms with Gasteiger partial charge in [-0.15, -0.1) is 0 Å². The van der Waals surface area contributed by atoms with Gasteiger partial charge in [-0.2, -0.15) is 0 Å². The van der Waals surface area contributed by atoms with E-state index in [1.165, 1.54) is 38.6 Å². The SMILES string of the molecule is CCN(C1CCCCC1)C(C)C(C)CNC. The fourth-order valence-corrected chi connectivity index (χ4v) is 3.11. The largest absolute Gasteiger partial charge is 0.319 e. The average Bonchev–Trinajstić information content (AvgIpc) is 2.31. The van der Waals surface area contributed by atoms with Crippen LogP contribution in [0.5, 0.6) is 0 Å². The molecule has 16 heavy (non-hydrogen) atoms. The maximum Gasteiger partial charge on any atom is 0.0107 e. The number of rotatable bonds is 6. The van der Waals surface area contributed by atoms with Crippen LogP contribution in [0.4, 0.5) is 0 Å². The summed E-state index contributed by atoms with van der Waals surface area (Å²) in [5.74, 6) is 0.742. The Morgan fingerprint density at radius 1 is 1.19 bits per heavy atom. The highest BCUT2D eigenvalue weighted by atomic mass is 15.2. The molecule has 1 saturated carbocycles. The molecule has 1 rings (SSSR count). The molecule has 2 heteroatoms. The smallest absolute Gasteiger partial charge is 0.0107 e. The molecule has 1 aliphatic carbocycles. The van der Waals surface area contributed by atoms with E-state index in [2.05, 4.69) is 38.0 Å². The minimum atomic E-state index is 0.709. The van der Waals surface area contributed by atoms with Gasteiger partial charge in [-0.1, -0.05) is 33.1 Å². The van der Waals surface area contributed by atoms with Crippen molar-refractivity contribution < 1.29 is 0 Å². The molecule has 0 aromatic rings. The molecule has 1 fully saturated rings. The van der Waals surface area contributed by atoms with Crippen molar-refractivity contribution in [2.75, 3.05) is 20.1 Å². The molecule has 0 radical (unpaired) electrons. The summed E-state index contributed by atoms with van der Waals surface area (Å²) in [6, 6.07) is 1.56. The van der Waals surface area contributed by atoms with Crippen LogP contribution in [0.25, 0.3) is 0 Å². The third-order valence-corrected chi connectivity index (χ3v) is 4.28. The van der Waals surface area contributed by atoms with Crippen LogP contribution in [0.2, 0.25) is 0 Å². The summed E-state index contributed by atoms with van der Waals surface area (Å²) in [5, 5.41) is 3.30. The van der Waals surface area contributed by atoms with Gasteiger partial charge in [0, 0.05) is 12.1 Å². The highest BCUT2D eigenvalue weighted by Gasteiger charge is 2.26. The lowest BCUT2D eigenvalue weighted by atomic mass is 9.91. The number of nitrogens with zero attached hydrogens (tertiary/aromatic N) is 1. The molecule has 2 nitrogen and oxygen atoms in total. The Balaban J connectivity index is 2.50. The maximum atomic E-state index is 3.30. The van der Waals surface area contributed by atoms with E-state index >= 15 is 0 Å². The van der Waals surface area contributed by atoms with Crippen LogP contribution in [0, 0.1) is 5.92 Å². The normalized spacial score (nSPS) is 22.3. The van der Waals surface area contributed by atoms with Gasteiger partial charge in [0.25, 0.3) is 0 Å². The number of hydrogen-bond acceptors (Lipinski definition) is 2. The Hall–Kier alpha value is -0.0800. The Kier molecular flexibility index (Phi) is 6.37. The van der Waals surface area contributed by atoms with Crippen molar-refractivity contribution in [1.82, 2.24) is 10.2 Å². The first-order chi connectivity index (χ1) is 7.70. The minimum Gasteiger partial charge on any atom is -0.319 e. The van der Waals surface area contributed by atoms with Crippen LogP contribution in [0.15, 0.2) is 0 Å². The topological polar surface area (TPSA) is 15.3 Å². The van der Waals surface area contributed by atoms with E-state index in [0.29, 0.717) is 6.04 Å². The molecule has 2 atom stereocenters. The van der Waals surface area contributed by atoms with Gasteiger partial charge in [-0.3, -0.25) is 4.90 Å². The molecule has 1 aliphatic rings. The zero-order valence-electron chi connectivity index (χ0n) is 11.6. The quantitative estimate of drug-likeness (QED) is 0.749. The first-order valence-electron chi connectivity index (χ1n) is 7.11. The summed E-state index contributed by atoms with van der Waals surface area (Å²) in [5.41, 5.74) is 0. The standard InChI is InChI=1S/C14H30N2/c1-5-16(13(3)12(2)11-15-4)14-9-7-6-8-10-14/h12-15H,5-11H2,1-4H3. The van der Waals surface area contributed by atoms with E-state index < -0.39 is 0 Å². The average molecular weight is 226 g/mol. The van der Waals surface area contributed by atoms with E-state index in [1.807, 2.05) is 0 Å². The first kappa shape index (κ1) is 14.0. The third kappa shape index (κ3) is 3.74. The van der Waals surface area contributed by atoms with Gasteiger partial charge in [0.15, 0.2) is 0 Å². The van der Waals surface area contributed by atoms with Crippen molar-refractivity contribution in [3.05, 3.63) is 0 Å². The summed E-state index contributed by atoms with van der Waals surface area (Å²) in [6.07, 6.45) is 7.17. The lowest BCUT2D eigenvalue weighted by Crippen LogP contribution is -2.47. The summed E-state index contributed by atoms with van der Waals surface area (Å²) >= 11 is 0. The predicted molar refractivity (Wildman–Crippen MR) is 71.8 cm³/mol. The molecule has 2 unspecified atom stereocenters. The zero-order chi connectivity index (χ0) is 12.0. The highest BCUT2D eigenvalue weighted by molar-refractivity contribution is 4.82. The summed E-state index contributed by atoms with van der Waals surface area (Å²) < 4.78 is 0. The number of nitrogens with one attached hydrogen (secondary N) is 1. The van der Waals surface area contributed by atoms with Gasteiger partial charge in [0.05, 0.1) is 0 Å². The summed E-state index contributed by atoms with van der Waals surface area (Å²) in [6.45, 7) is 9.42. The molecule has 0 aliphatic heterocycles. The Morgan fingerprint density at radius 2 is 1.81 bits per heavy atom. The second-order valence-corrected chi connectivity index (χ2v) is 5.40. The fourth-order valence-electron chi connectivity index (χ4n) is 3.11. The van der Waals surface area contributed by atoms with Gasteiger partial charge in [0.1, 0.15) is 0 Å². The van der Waals surface area contributed by atoms with E-state index in [-0.39, 0.29) is 0 Å². The van der Waals surface area contributed by atoms with Crippen LogP contribution in [-0.4, -0.2) is 37.1 Å². The van der Waals surface area contributed by atoms with Crippen LogP contribution in [0.1, 0.15) is 52.9 Å². The van der Waals surface area contributed by atoms with Gasteiger partial charge >= 0.3 is 0 Å². The van der Waals surface area contributed by atoms with Crippen molar-refractivity contribution >= 4 is 0 Å². The Bertz CT molecular complexity index is 176. The predicted octanol–water partition coefficient (Wildman–Crippen LogP) is 2.89. The van der Waals surface area contributed by atoms with Gasteiger partial charge in [-0.05, 0) is 45.8 Å². The van der Waals surface area contributed by atoms with Crippen molar-refractivity contribution in [2.45, 2.75) is 65.0 Å². The molecule has 96 valence electrons. The van der Waals surface area contributed by atoms with Crippen LogP contribution < -0.4 is 5.32 Å². The lowest BCUT2D eigenvalue weighted by molar-refractivity contribution is 0.0894. The second kappa shape index (κ2) is 7.29. The fraction of sp³-hybridized carbons (Fsp3) is 1.00. The van der Waals surface area contributed by atoms with Gasteiger partial charge in [0.2, 0.25) is 0 Å². The van der Waals surface area contributed by atoms with Crippen LogP contribution in [-0.2, 0) is 0 Å². The van der Waals surface area contributed by atoms with Crippen LogP contribution >= 0.6 is 0 Å². The molecule has 0 saturated heterocycles. The Morgan fingerprint density at radius 3 is 2.31 bits per heavy atom. The van der Waals surface area contributed by atoms with Crippen molar-refractivity contribution in [3.8, 4) is 0 Å². The summed E-state index contributed by atoms with van der Waals surface area (Å²) in [7, 11) is 2.06. The second-order valence-electron chi connectivity index (χ2n) is 5.40. The van der Waals surface area contributed by atoms with E-state index in [4.69, 9.17) is 0 Å². The molecule has 0 bridgehead atoms. The molecule has 0 spiro atoms. The summed E-state index contributed by atoms with van der Waals surface area (Å²) in [4.78, 5) is 2.74. The molecule has 0 amide bonds. The molecule has 0 aromatic heterocycles. The van der Waals surface area contributed by atoms with E-state index in [1.54, 1.807) is 0 Å².